The Kier molecular flexibility index (Phi) is 3.15. The van der Waals surface area contributed by atoms with Crippen molar-refractivity contribution in [3.8, 4) is 0 Å². The van der Waals surface area contributed by atoms with Crippen molar-refractivity contribution >= 4 is 23.8 Å². The smallest absolute Gasteiger partial charge is 0.182 e. The van der Waals surface area contributed by atoms with Crippen LogP contribution in [0.25, 0.3) is 11.2 Å². The van der Waals surface area contributed by atoms with Crippen LogP contribution in [0.4, 0.5) is 0 Å². The third-order valence-electron chi connectivity index (χ3n) is 3.14. The van der Waals surface area contributed by atoms with Crippen LogP contribution in [0.3, 0.4) is 0 Å². The highest BCUT2D eigenvalue weighted by molar-refractivity contribution is 7.80. The van der Waals surface area contributed by atoms with Crippen LogP contribution in [0.15, 0.2) is 17.7 Å². The van der Waals surface area contributed by atoms with Crippen LogP contribution in [0.1, 0.15) is 6.23 Å². The zero-order chi connectivity index (χ0) is 13.6. The molecule has 3 heterocycles. The van der Waals surface area contributed by atoms with Crippen LogP contribution in [0, 0.1) is 0 Å². The van der Waals surface area contributed by atoms with Crippen molar-refractivity contribution in [1.29, 1.82) is 0 Å². The summed E-state index contributed by atoms with van der Waals surface area (Å²) in [6.45, 7) is -0.383. The molecule has 0 radical (unpaired) electrons. The number of hydrogen-bond acceptors (Lipinski definition) is 8. The summed E-state index contributed by atoms with van der Waals surface area (Å²) in [4.78, 5) is 12.0. The van der Waals surface area contributed by atoms with Gasteiger partial charge in [-0.15, -0.1) is 12.6 Å². The monoisotopic (exact) mass is 284 g/mol. The molecule has 1 aliphatic rings. The van der Waals surface area contributed by atoms with E-state index in [1.165, 1.54) is 17.2 Å². The maximum absolute atomic E-state index is 9.98. The zero-order valence-corrected chi connectivity index (χ0v) is 10.6. The number of thiol groups is 1. The molecule has 1 unspecified atom stereocenters. The lowest BCUT2D eigenvalue weighted by Crippen LogP contribution is -2.33. The maximum Gasteiger partial charge on any atom is 0.182 e. The number of aliphatic hydroxyl groups excluding tert-OH is 3. The van der Waals surface area contributed by atoms with Gasteiger partial charge in [0.1, 0.15) is 35.2 Å². The van der Waals surface area contributed by atoms with E-state index in [9.17, 15) is 10.2 Å². The highest BCUT2D eigenvalue weighted by Gasteiger charge is 2.43. The Balaban J connectivity index is 2.06. The molecule has 1 fully saturated rings. The van der Waals surface area contributed by atoms with Gasteiger partial charge >= 0.3 is 0 Å². The second-order valence-electron chi connectivity index (χ2n) is 4.25. The van der Waals surface area contributed by atoms with E-state index in [0.717, 1.165) is 0 Å². The Morgan fingerprint density at radius 2 is 2.05 bits per heavy atom. The zero-order valence-electron chi connectivity index (χ0n) is 9.66. The normalized spacial score (nSPS) is 31.2. The van der Waals surface area contributed by atoms with E-state index < -0.39 is 24.5 Å². The molecule has 9 heteroatoms. The summed E-state index contributed by atoms with van der Waals surface area (Å²) >= 11 is 4.22. The molecule has 3 N–H and O–H groups in total. The number of fused-ring (bicyclic) bond motifs is 1. The first kappa shape index (κ1) is 12.8. The predicted octanol–water partition coefficient (Wildman–Crippen LogP) is -1.27. The molecule has 3 rings (SSSR count). The fourth-order valence-corrected chi connectivity index (χ4v) is 2.43. The summed E-state index contributed by atoms with van der Waals surface area (Å²) in [5.41, 5.74) is 0.915. The standard InChI is InChI=1S/C10H12N4O4S/c15-1-4-6(16)7(17)10(18-4)14-3-13-8-5(14)9(19)12-2-11-8/h2-4,6-7,10,15-17H,1H2,(H,11,12,19)/t4-,6-,7-,10?/m1/s1. The second kappa shape index (κ2) is 4.69. The van der Waals surface area contributed by atoms with Crippen molar-refractivity contribution < 1.29 is 20.1 Å². The van der Waals surface area contributed by atoms with E-state index in [1.807, 2.05) is 0 Å². The predicted molar refractivity (Wildman–Crippen MR) is 65.6 cm³/mol. The molecule has 2 aromatic heterocycles. The van der Waals surface area contributed by atoms with Crippen LogP contribution in [-0.2, 0) is 4.74 Å². The van der Waals surface area contributed by atoms with Crippen LogP contribution in [-0.4, -0.2) is 59.8 Å². The summed E-state index contributed by atoms with van der Waals surface area (Å²) < 4.78 is 6.93. The number of aromatic nitrogens is 4. The summed E-state index contributed by atoms with van der Waals surface area (Å²) in [7, 11) is 0. The highest BCUT2D eigenvalue weighted by atomic mass is 32.1. The van der Waals surface area contributed by atoms with Crippen LogP contribution in [0.2, 0.25) is 0 Å². The van der Waals surface area contributed by atoms with Gasteiger partial charge in [-0.1, -0.05) is 0 Å². The van der Waals surface area contributed by atoms with Gasteiger partial charge in [-0.05, 0) is 0 Å². The number of imidazole rings is 1. The topological polar surface area (TPSA) is 114 Å². The Morgan fingerprint density at radius 3 is 2.74 bits per heavy atom. The fraction of sp³-hybridized carbons (Fsp3) is 0.500. The van der Waals surface area contributed by atoms with Crippen LogP contribution < -0.4 is 0 Å². The molecule has 1 saturated heterocycles. The lowest BCUT2D eigenvalue weighted by Gasteiger charge is -2.17. The summed E-state index contributed by atoms with van der Waals surface area (Å²) in [6, 6.07) is 0. The van der Waals surface area contributed by atoms with E-state index in [0.29, 0.717) is 16.2 Å². The molecule has 0 aliphatic carbocycles. The Labute approximate surface area is 113 Å². The van der Waals surface area contributed by atoms with E-state index >= 15 is 0 Å². The van der Waals surface area contributed by atoms with Gasteiger partial charge in [-0.2, -0.15) is 0 Å². The minimum absolute atomic E-state index is 0.383. The molecule has 8 nitrogen and oxygen atoms in total. The largest absolute Gasteiger partial charge is 0.394 e. The van der Waals surface area contributed by atoms with Gasteiger partial charge in [0.25, 0.3) is 0 Å². The minimum atomic E-state index is -1.18. The highest BCUT2D eigenvalue weighted by Crippen LogP contribution is 2.32. The molecule has 0 amide bonds. The molecule has 0 saturated carbocycles. The maximum atomic E-state index is 9.98. The number of nitrogens with zero attached hydrogens (tertiary/aromatic N) is 4. The van der Waals surface area contributed by atoms with Gasteiger partial charge in [-0.3, -0.25) is 4.57 Å². The van der Waals surface area contributed by atoms with Gasteiger partial charge in [0, 0.05) is 0 Å². The SMILES string of the molecule is OC[C@H]1OC(n2cnc3ncnc(S)c32)[C@H](O)[C@@H]1O. The van der Waals surface area contributed by atoms with E-state index in [-0.39, 0.29) is 6.61 Å². The third kappa shape index (κ3) is 1.90. The Hall–Kier alpha value is -1.26. The lowest BCUT2D eigenvalue weighted by atomic mass is 10.1. The average Bonchev–Trinajstić information content (AvgIpc) is 2.94. The first-order valence-corrected chi connectivity index (χ1v) is 6.07. The van der Waals surface area contributed by atoms with Gasteiger partial charge < -0.3 is 20.1 Å². The van der Waals surface area contributed by atoms with Crippen molar-refractivity contribution in [2.24, 2.45) is 0 Å². The number of hydrogen-bond donors (Lipinski definition) is 4. The molecule has 1 aliphatic heterocycles. The van der Waals surface area contributed by atoms with Crippen molar-refractivity contribution in [1.82, 2.24) is 19.5 Å². The third-order valence-corrected chi connectivity index (χ3v) is 3.46. The van der Waals surface area contributed by atoms with Crippen molar-refractivity contribution in [2.45, 2.75) is 29.6 Å². The molecule has 19 heavy (non-hydrogen) atoms. The number of rotatable bonds is 2. The lowest BCUT2D eigenvalue weighted by molar-refractivity contribution is -0.0510. The molecular formula is C10H12N4O4S. The fourth-order valence-electron chi connectivity index (χ4n) is 2.16. The van der Waals surface area contributed by atoms with Crippen molar-refractivity contribution in [3.63, 3.8) is 0 Å². The number of ether oxygens (including phenoxy) is 1. The van der Waals surface area contributed by atoms with Crippen molar-refractivity contribution in [2.75, 3.05) is 6.61 Å². The molecular weight excluding hydrogens is 272 g/mol. The quantitative estimate of drug-likeness (QED) is 0.401. The van der Waals surface area contributed by atoms with Gasteiger partial charge in [0.05, 0.1) is 12.9 Å². The molecule has 102 valence electrons. The Bertz CT molecular complexity index is 606. The average molecular weight is 284 g/mol. The summed E-state index contributed by atoms with van der Waals surface area (Å²) in [6.07, 6.45) is -1.29. The van der Waals surface area contributed by atoms with Crippen LogP contribution in [0.5, 0.6) is 0 Å². The van der Waals surface area contributed by atoms with Gasteiger partial charge in [0.15, 0.2) is 11.9 Å². The van der Waals surface area contributed by atoms with E-state index in [2.05, 4.69) is 27.6 Å². The van der Waals surface area contributed by atoms with Crippen molar-refractivity contribution in [3.05, 3.63) is 12.7 Å². The molecule has 4 atom stereocenters. The Morgan fingerprint density at radius 1 is 1.26 bits per heavy atom. The van der Waals surface area contributed by atoms with E-state index in [4.69, 9.17) is 9.84 Å². The van der Waals surface area contributed by atoms with E-state index in [1.54, 1.807) is 0 Å². The molecule has 2 aromatic rings. The van der Waals surface area contributed by atoms with Gasteiger partial charge in [0.2, 0.25) is 0 Å². The molecule has 0 bridgehead atoms. The molecule has 0 aromatic carbocycles. The second-order valence-corrected chi connectivity index (χ2v) is 4.67. The summed E-state index contributed by atoms with van der Waals surface area (Å²) in [5.74, 6) is 0. The molecule has 0 spiro atoms. The number of aliphatic hydroxyl groups is 3. The first-order valence-electron chi connectivity index (χ1n) is 5.62. The van der Waals surface area contributed by atoms with Gasteiger partial charge in [-0.25, -0.2) is 15.0 Å². The minimum Gasteiger partial charge on any atom is -0.394 e. The first-order chi connectivity index (χ1) is 9.13. The summed E-state index contributed by atoms with van der Waals surface area (Å²) in [5, 5.41) is 29.2. The van der Waals surface area contributed by atoms with Crippen LogP contribution >= 0.6 is 12.6 Å².